The minimum Gasteiger partial charge on any atom is -0.496 e. The third-order valence-corrected chi connectivity index (χ3v) is 9.61. The van der Waals surface area contributed by atoms with E-state index >= 15 is 8.78 Å². The average molecular weight is 685 g/mol. The molecule has 3 aromatic carbocycles. The van der Waals surface area contributed by atoms with Gasteiger partial charge in [-0.1, -0.05) is 62.2 Å². The summed E-state index contributed by atoms with van der Waals surface area (Å²) in [4.78, 5) is 28.9. The van der Waals surface area contributed by atoms with Crippen molar-refractivity contribution in [3.8, 4) is 11.8 Å². The Morgan fingerprint density at radius 2 is 1.81 bits per heavy atom. The number of rotatable bonds is 9. The summed E-state index contributed by atoms with van der Waals surface area (Å²) in [6, 6.07) is 13.7. The SMILES string of the molecule is COC(=O)c1ccc(NC(=O)[C@H]2[C@H](c3cccc(Cl)c3F)[C@@](C#N)(c3ccc(Cl)cc3F)[C@H](CC(C)(C)C)N2CC2CC2)cc1OC. The molecule has 0 aromatic heterocycles. The Morgan fingerprint density at radius 3 is 2.40 bits per heavy atom. The predicted octanol–water partition coefficient (Wildman–Crippen LogP) is 8.15. The lowest BCUT2D eigenvalue weighted by molar-refractivity contribution is -0.121. The number of nitrogens with one attached hydrogen (secondary N) is 1. The number of nitriles is 1. The molecule has 47 heavy (non-hydrogen) atoms. The zero-order valence-corrected chi connectivity index (χ0v) is 28.4. The van der Waals surface area contributed by atoms with Crippen LogP contribution in [0.5, 0.6) is 5.75 Å². The van der Waals surface area contributed by atoms with Crippen LogP contribution in [0.15, 0.2) is 54.6 Å². The molecular formula is C36H37Cl2F2N3O4. The third kappa shape index (κ3) is 6.69. The molecule has 7 nitrogen and oxygen atoms in total. The predicted molar refractivity (Wildman–Crippen MR) is 177 cm³/mol. The van der Waals surface area contributed by atoms with Crippen molar-refractivity contribution < 1.29 is 27.8 Å². The van der Waals surface area contributed by atoms with Crippen LogP contribution < -0.4 is 10.1 Å². The van der Waals surface area contributed by atoms with Crippen molar-refractivity contribution in [1.82, 2.24) is 4.90 Å². The van der Waals surface area contributed by atoms with Crippen molar-refractivity contribution in [3.05, 3.63) is 93.0 Å². The van der Waals surface area contributed by atoms with Crippen LogP contribution >= 0.6 is 23.2 Å². The van der Waals surface area contributed by atoms with E-state index < -0.39 is 46.9 Å². The molecule has 1 amide bonds. The second kappa shape index (κ2) is 13.4. The molecule has 1 aliphatic heterocycles. The monoisotopic (exact) mass is 683 g/mol. The fourth-order valence-corrected chi connectivity index (χ4v) is 7.26. The normalized spacial score (nSPS) is 22.9. The van der Waals surface area contributed by atoms with Crippen molar-refractivity contribution in [2.75, 3.05) is 26.1 Å². The summed E-state index contributed by atoms with van der Waals surface area (Å²) in [7, 11) is 2.64. The number of benzene rings is 3. The van der Waals surface area contributed by atoms with E-state index in [4.69, 9.17) is 32.7 Å². The maximum atomic E-state index is 16.2. The number of carbonyl (C=O) groups excluding carboxylic acids is 2. The van der Waals surface area contributed by atoms with Crippen LogP contribution in [0, 0.1) is 34.3 Å². The van der Waals surface area contributed by atoms with Crippen LogP contribution in [0.25, 0.3) is 0 Å². The highest BCUT2D eigenvalue weighted by molar-refractivity contribution is 6.31. The van der Waals surface area contributed by atoms with Gasteiger partial charge in [-0.05, 0) is 66.5 Å². The molecule has 11 heteroatoms. The lowest BCUT2D eigenvalue weighted by atomic mass is 9.62. The molecule has 0 radical (unpaired) electrons. The molecule has 3 aromatic rings. The largest absolute Gasteiger partial charge is 0.496 e. The highest BCUT2D eigenvalue weighted by atomic mass is 35.5. The van der Waals surface area contributed by atoms with Gasteiger partial charge in [0, 0.05) is 40.8 Å². The highest BCUT2D eigenvalue weighted by Gasteiger charge is 2.65. The third-order valence-electron chi connectivity index (χ3n) is 9.08. The summed E-state index contributed by atoms with van der Waals surface area (Å²) in [6.45, 7) is 6.49. The van der Waals surface area contributed by atoms with Gasteiger partial charge in [-0.25, -0.2) is 13.6 Å². The number of nitrogens with zero attached hydrogens (tertiary/aromatic N) is 2. The van der Waals surface area contributed by atoms with Gasteiger partial charge in [0.25, 0.3) is 0 Å². The number of esters is 1. The standard InChI is InChI=1S/C36H37Cl2F2N3O4/c1-35(2,3)17-29-36(19-41,25-14-11-21(37)15-27(25)39)30(24-7-6-8-26(38)31(24)40)32(43(29)18-20-9-10-20)33(44)42-22-12-13-23(34(45)47-5)28(16-22)46-4/h6-8,11-16,20,29-30,32H,9-10,17-18H2,1-5H3,(H,42,44)/t29-,30-,32+,36-/m0/s1. The van der Waals surface area contributed by atoms with Gasteiger partial charge in [-0.3, -0.25) is 9.69 Å². The van der Waals surface area contributed by atoms with Crippen molar-refractivity contribution >= 4 is 40.8 Å². The number of ether oxygens (including phenoxy) is 2. The molecule has 1 aliphatic carbocycles. The molecule has 1 saturated heterocycles. The molecule has 0 spiro atoms. The Bertz CT molecular complexity index is 1740. The number of amides is 1. The van der Waals surface area contributed by atoms with Crippen LogP contribution in [0.4, 0.5) is 14.5 Å². The van der Waals surface area contributed by atoms with Gasteiger partial charge in [0.05, 0.1) is 31.4 Å². The first-order valence-electron chi connectivity index (χ1n) is 15.4. The second-order valence-electron chi connectivity index (χ2n) is 13.5. The van der Waals surface area contributed by atoms with Crippen molar-refractivity contribution in [2.45, 2.75) is 63.5 Å². The van der Waals surface area contributed by atoms with Gasteiger partial charge in [0.15, 0.2) is 0 Å². The summed E-state index contributed by atoms with van der Waals surface area (Å²) >= 11 is 12.5. The maximum Gasteiger partial charge on any atom is 0.341 e. The van der Waals surface area contributed by atoms with Crippen molar-refractivity contribution in [3.63, 3.8) is 0 Å². The quantitative estimate of drug-likeness (QED) is 0.229. The fourth-order valence-electron chi connectivity index (χ4n) is 6.92. The first-order valence-corrected chi connectivity index (χ1v) is 16.1. The lowest BCUT2D eigenvalue weighted by Crippen LogP contribution is -2.48. The summed E-state index contributed by atoms with van der Waals surface area (Å²) in [6.07, 6.45) is 2.26. The summed E-state index contributed by atoms with van der Waals surface area (Å²) in [5.74, 6) is -3.41. The minimum absolute atomic E-state index is 0.0308. The Balaban J connectivity index is 1.76. The molecule has 5 rings (SSSR count). The lowest BCUT2D eigenvalue weighted by Gasteiger charge is -2.39. The molecule has 248 valence electrons. The molecule has 4 atom stereocenters. The van der Waals surface area contributed by atoms with Crippen LogP contribution in [-0.4, -0.2) is 49.6 Å². The summed E-state index contributed by atoms with van der Waals surface area (Å²) < 4.78 is 42.6. The first kappa shape index (κ1) is 34.6. The van der Waals surface area contributed by atoms with Crippen LogP contribution in [0.2, 0.25) is 10.0 Å². The van der Waals surface area contributed by atoms with Crippen LogP contribution in [0.3, 0.4) is 0 Å². The summed E-state index contributed by atoms with van der Waals surface area (Å²) in [5.41, 5.74) is -1.59. The van der Waals surface area contributed by atoms with Crippen LogP contribution in [0.1, 0.15) is 67.4 Å². The molecule has 2 aliphatic rings. The van der Waals surface area contributed by atoms with E-state index in [1.807, 2.05) is 25.7 Å². The Hall–Kier alpha value is -3.71. The van der Waals surface area contributed by atoms with Crippen molar-refractivity contribution in [2.24, 2.45) is 11.3 Å². The van der Waals surface area contributed by atoms with Gasteiger partial charge in [0.1, 0.15) is 28.4 Å². The fraction of sp³-hybridized carbons (Fsp3) is 0.417. The first-order chi connectivity index (χ1) is 22.2. The highest BCUT2D eigenvalue weighted by Crippen LogP contribution is 2.57. The maximum absolute atomic E-state index is 16.2. The second-order valence-corrected chi connectivity index (χ2v) is 14.3. The van der Waals surface area contributed by atoms with E-state index in [1.54, 1.807) is 6.07 Å². The zero-order valence-electron chi connectivity index (χ0n) is 26.9. The number of carbonyl (C=O) groups is 2. The molecule has 1 saturated carbocycles. The number of halogens is 4. The van der Waals surface area contributed by atoms with Crippen molar-refractivity contribution in [1.29, 1.82) is 5.26 Å². The van der Waals surface area contributed by atoms with Crippen LogP contribution in [-0.2, 0) is 14.9 Å². The Labute approximate surface area is 283 Å². The molecule has 0 bridgehead atoms. The number of methoxy groups -OCH3 is 2. The minimum atomic E-state index is -1.74. The van der Waals surface area contributed by atoms with Gasteiger partial charge < -0.3 is 14.8 Å². The van der Waals surface area contributed by atoms with E-state index in [9.17, 15) is 14.9 Å². The molecular weight excluding hydrogens is 647 g/mol. The topological polar surface area (TPSA) is 91.7 Å². The Morgan fingerprint density at radius 1 is 1.09 bits per heavy atom. The van der Waals surface area contributed by atoms with Gasteiger partial charge in [-0.15, -0.1) is 0 Å². The number of hydrogen-bond acceptors (Lipinski definition) is 6. The summed E-state index contributed by atoms with van der Waals surface area (Å²) in [5, 5.41) is 14.2. The van der Waals surface area contributed by atoms with E-state index in [2.05, 4.69) is 11.4 Å². The zero-order chi connectivity index (χ0) is 34.3. The smallest absolute Gasteiger partial charge is 0.341 e. The Kier molecular flexibility index (Phi) is 9.89. The van der Waals surface area contributed by atoms with Gasteiger partial charge in [-0.2, -0.15) is 5.26 Å². The van der Waals surface area contributed by atoms with E-state index in [0.29, 0.717) is 18.7 Å². The van der Waals surface area contributed by atoms with E-state index in [-0.39, 0.29) is 43.8 Å². The number of hydrogen-bond donors (Lipinski definition) is 1. The number of likely N-dealkylation sites (tertiary alicyclic amines) is 1. The molecule has 1 N–H and O–H groups in total. The average Bonchev–Trinajstić information content (AvgIpc) is 3.80. The molecule has 2 fully saturated rings. The van der Waals surface area contributed by atoms with E-state index in [1.165, 1.54) is 56.7 Å². The molecule has 1 heterocycles. The van der Waals surface area contributed by atoms with E-state index in [0.717, 1.165) is 18.9 Å². The molecule has 0 unspecified atom stereocenters. The number of anilines is 1. The van der Waals surface area contributed by atoms with Gasteiger partial charge in [0.2, 0.25) is 5.91 Å². The van der Waals surface area contributed by atoms with Gasteiger partial charge >= 0.3 is 5.97 Å².